The first-order valence-electron chi connectivity index (χ1n) is 9.59. The highest BCUT2D eigenvalue weighted by atomic mass is 32.1. The Kier molecular flexibility index (Phi) is 7.54. The molecule has 0 radical (unpaired) electrons. The van der Waals surface area contributed by atoms with Crippen LogP contribution in [0.2, 0.25) is 0 Å². The quantitative estimate of drug-likeness (QED) is 0.349. The van der Waals surface area contributed by atoms with Crippen LogP contribution in [-0.4, -0.2) is 37.7 Å². The van der Waals surface area contributed by atoms with Crippen molar-refractivity contribution in [1.29, 1.82) is 0 Å². The second kappa shape index (κ2) is 10.4. The lowest BCUT2D eigenvalue weighted by molar-refractivity contribution is -0.192. The zero-order valence-electron chi connectivity index (χ0n) is 17.7. The van der Waals surface area contributed by atoms with Crippen LogP contribution in [0, 0.1) is 5.82 Å². The van der Waals surface area contributed by atoms with E-state index >= 15 is 0 Å². The molecule has 0 saturated heterocycles. The molecule has 0 unspecified atom stereocenters. The highest BCUT2D eigenvalue weighted by Gasteiger charge is 2.38. The summed E-state index contributed by atoms with van der Waals surface area (Å²) in [6.07, 6.45) is -3.47. The van der Waals surface area contributed by atoms with E-state index < -0.39 is 12.1 Å². The molecule has 0 atom stereocenters. The topological polar surface area (TPSA) is 126 Å². The SMILES string of the molecule is Cn1c(=O)[nH]c2cc(C(=O)NCc3cnc(Oc4ccc(F)cc4)s3)ccc21.O=C(O)C(F)(F)F. The smallest absolute Gasteiger partial charge is 0.475 e. The minimum atomic E-state index is -5.08. The maximum atomic E-state index is 12.9. The van der Waals surface area contributed by atoms with Gasteiger partial charge in [-0.25, -0.2) is 19.0 Å². The number of rotatable bonds is 5. The van der Waals surface area contributed by atoms with Gasteiger partial charge in [0.25, 0.3) is 11.1 Å². The van der Waals surface area contributed by atoms with Crippen LogP contribution in [0.15, 0.2) is 53.5 Å². The molecule has 35 heavy (non-hydrogen) atoms. The molecular formula is C21H16F4N4O5S. The lowest BCUT2D eigenvalue weighted by Gasteiger charge is -2.04. The number of benzene rings is 2. The van der Waals surface area contributed by atoms with E-state index in [2.05, 4.69) is 15.3 Å². The van der Waals surface area contributed by atoms with E-state index in [9.17, 15) is 27.2 Å². The van der Waals surface area contributed by atoms with Crippen molar-refractivity contribution >= 4 is 34.2 Å². The number of carboxylic acid groups (broad SMARTS) is 1. The summed E-state index contributed by atoms with van der Waals surface area (Å²) in [5.41, 5.74) is 1.55. The molecule has 2 heterocycles. The van der Waals surface area contributed by atoms with Crippen molar-refractivity contribution in [3.05, 3.63) is 75.4 Å². The zero-order valence-corrected chi connectivity index (χ0v) is 18.5. The molecule has 0 saturated carbocycles. The van der Waals surface area contributed by atoms with Crippen molar-refractivity contribution in [2.45, 2.75) is 12.7 Å². The highest BCUT2D eigenvalue weighted by Crippen LogP contribution is 2.26. The first-order valence-corrected chi connectivity index (χ1v) is 10.4. The second-order valence-corrected chi connectivity index (χ2v) is 7.93. The molecule has 0 spiro atoms. The summed E-state index contributed by atoms with van der Waals surface area (Å²) in [4.78, 5) is 40.6. The van der Waals surface area contributed by atoms with Crippen molar-refractivity contribution in [3.8, 4) is 10.9 Å². The Bertz CT molecular complexity index is 1410. The molecule has 2 aromatic carbocycles. The fraction of sp³-hybridized carbons (Fsp3) is 0.143. The number of halogens is 4. The fourth-order valence-corrected chi connectivity index (χ4v) is 3.39. The first-order chi connectivity index (χ1) is 16.4. The molecule has 0 fully saturated rings. The molecule has 4 rings (SSSR count). The Balaban J connectivity index is 0.000000429. The molecule has 0 aliphatic carbocycles. The van der Waals surface area contributed by atoms with E-state index in [1.807, 2.05) is 0 Å². The number of hydrogen-bond acceptors (Lipinski definition) is 6. The van der Waals surface area contributed by atoms with Crippen molar-refractivity contribution < 1.29 is 37.0 Å². The van der Waals surface area contributed by atoms with Gasteiger partial charge in [0.15, 0.2) is 0 Å². The lowest BCUT2D eigenvalue weighted by Crippen LogP contribution is -2.22. The molecule has 184 valence electrons. The van der Waals surface area contributed by atoms with E-state index in [4.69, 9.17) is 14.6 Å². The van der Waals surface area contributed by atoms with Gasteiger partial charge in [-0.3, -0.25) is 9.36 Å². The number of alkyl halides is 3. The molecule has 9 nitrogen and oxygen atoms in total. The number of carbonyl (C=O) groups excluding carboxylic acids is 1. The van der Waals surface area contributed by atoms with Crippen molar-refractivity contribution in [2.75, 3.05) is 0 Å². The maximum absolute atomic E-state index is 12.9. The fourth-order valence-electron chi connectivity index (χ4n) is 2.67. The predicted octanol–water partition coefficient (Wildman–Crippen LogP) is 3.82. The van der Waals surface area contributed by atoms with Crippen LogP contribution in [0.3, 0.4) is 0 Å². The minimum absolute atomic E-state index is 0.231. The highest BCUT2D eigenvalue weighted by molar-refractivity contribution is 7.13. The number of carboxylic acids is 1. The third-order valence-corrected chi connectivity index (χ3v) is 5.26. The minimum Gasteiger partial charge on any atom is -0.475 e. The average molecular weight is 512 g/mol. The first kappa shape index (κ1) is 25.4. The van der Waals surface area contributed by atoms with Crippen molar-refractivity contribution in [2.24, 2.45) is 7.05 Å². The molecule has 1 amide bonds. The standard InChI is InChI=1S/C19H15FN4O3S.C2HF3O2/c1-24-16-7-2-11(8-15(16)23-18(24)26)17(25)21-9-14-10-22-19(28-14)27-13-5-3-12(20)4-6-13;3-2(4,5)1(6)7/h2-8,10H,9H2,1H3,(H,21,25)(H,23,26);(H,6,7). The van der Waals surface area contributed by atoms with Crippen LogP contribution in [-0.2, 0) is 18.4 Å². The summed E-state index contributed by atoms with van der Waals surface area (Å²) in [6, 6.07) is 10.7. The third-order valence-electron chi connectivity index (χ3n) is 4.38. The molecule has 4 aromatic rings. The van der Waals surface area contributed by atoms with Crippen molar-refractivity contribution in [1.82, 2.24) is 19.9 Å². The number of fused-ring (bicyclic) bond motifs is 1. The largest absolute Gasteiger partial charge is 0.490 e. The number of ether oxygens (including phenoxy) is 1. The predicted molar refractivity (Wildman–Crippen MR) is 117 cm³/mol. The van der Waals surface area contributed by atoms with Gasteiger partial charge in [-0.2, -0.15) is 13.2 Å². The van der Waals surface area contributed by atoms with Gasteiger partial charge in [-0.15, -0.1) is 0 Å². The number of aromatic nitrogens is 3. The Morgan fingerprint density at radius 1 is 1.20 bits per heavy atom. The number of imidazole rings is 1. The number of carbonyl (C=O) groups is 2. The number of aliphatic carboxylic acids is 1. The van der Waals surface area contributed by atoms with Crippen LogP contribution < -0.4 is 15.7 Å². The van der Waals surface area contributed by atoms with Gasteiger partial charge in [0.05, 0.1) is 17.6 Å². The summed E-state index contributed by atoms with van der Waals surface area (Å²) in [6.45, 7) is 0.284. The number of amides is 1. The number of thiazole rings is 1. The normalized spacial score (nSPS) is 11.0. The molecule has 0 bridgehead atoms. The zero-order chi connectivity index (χ0) is 25.8. The number of aryl methyl sites for hydroxylation is 1. The third kappa shape index (κ3) is 6.66. The molecule has 0 aliphatic rings. The van der Waals surface area contributed by atoms with E-state index in [1.54, 1.807) is 31.4 Å². The molecular weight excluding hydrogens is 496 g/mol. The Hall–Kier alpha value is -4.20. The van der Waals surface area contributed by atoms with Crippen LogP contribution in [0.1, 0.15) is 15.2 Å². The molecule has 0 aliphatic heterocycles. The average Bonchev–Trinajstić information content (AvgIpc) is 3.36. The summed E-state index contributed by atoms with van der Waals surface area (Å²) < 4.78 is 51.7. The molecule has 3 N–H and O–H groups in total. The number of nitrogens with zero attached hydrogens (tertiary/aromatic N) is 2. The van der Waals surface area contributed by atoms with Gasteiger partial charge in [-0.05, 0) is 42.5 Å². The number of nitrogens with one attached hydrogen (secondary N) is 2. The monoisotopic (exact) mass is 512 g/mol. The van der Waals surface area contributed by atoms with Crippen molar-refractivity contribution in [3.63, 3.8) is 0 Å². The van der Waals surface area contributed by atoms with Gasteiger partial charge in [0.2, 0.25) is 0 Å². The number of hydrogen-bond donors (Lipinski definition) is 3. The Labute approximate surface area is 197 Å². The number of aromatic amines is 1. The van der Waals surface area contributed by atoms with E-state index in [-0.39, 0.29) is 24.0 Å². The van der Waals surface area contributed by atoms with Gasteiger partial charge in [0.1, 0.15) is 11.6 Å². The van der Waals surface area contributed by atoms with E-state index in [0.29, 0.717) is 22.0 Å². The Morgan fingerprint density at radius 3 is 2.49 bits per heavy atom. The van der Waals surface area contributed by atoms with Gasteiger partial charge < -0.3 is 20.1 Å². The Morgan fingerprint density at radius 2 is 1.86 bits per heavy atom. The molecule has 14 heteroatoms. The van der Waals surface area contributed by atoms with E-state index in [1.165, 1.54) is 40.2 Å². The summed E-state index contributed by atoms with van der Waals surface area (Å²) in [5, 5.41) is 10.3. The summed E-state index contributed by atoms with van der Waals surface area (Å²) in [5.74, 6) is -2.88. The second-order valence-electron chi connectivity index (χ2n) is 6.86. The summed E-state index contributed by atoms with van der Waals surface area (Å²) in [7, 11) is 1.66. The van der Waals surface area contributed by atoms with Gasteiger partial charge in [0, 0.05) is 23.7 Å². The number of H-pyrrole nitrogens is 1. The molecule has 2 aromatic heterocycles. The van der Waals surface area contributed by atoms with Crippen LogP contribution in [0.4, 0.5) is 17.6 Å². The van der Waals surface area contributed by atoms with Crippen LogP contribution >= 0.6 is 11.3 Å². The van der Waals surface area contributed by atoms with Gasteiger partial charge >= 0.3 is 17.8 Å². The van der Waals surface area contributed by atoms with Crippen LogP contribution in [0.5, 0.6) is 10.9 Å². The lowest BCUT2D eigenvalue weighted by atomic mass is 10.2. The van der Waals surface area contributed by atoms with E-state index in [0.717, 1.165) is 10.4 Å². The van der Waals surface area contributed by atoms with Gasteiger partial charge in [-0.1, -0.05) is 11.3 Å². The summed E-state index contributed by atoms with van der Waals surface area (Å²) >= 11 is 1.28. The maximum Gasteiger partial charge on any atom is 0.490 e. The van der Waals surface area contributed by atoms with Crippen LogP contribution in [0.25, 0.3) is 11.0 Å².